The standard InChI is InChI=1S/C13H11N5O7/c1-6-9(17(22)23)3-7(4-10(6)18(24)25)14-12(19)11-8(13(20)21)5-16(2)15-11/h3-5H,1-2H3,(H,14,19)(H,20,21). The zero-order valence-corrected chi connectivity index (χ0v) is 12.9. The Kier molecular flexibility index (Phi) is 4.45. The lowest BCUT2D eigenvalue weighted by molar-refractivity contribution is -0.395. The molecule has 1 heterocycles. The molecule has 1 aromatic heterocycles. The highest BCUT2D eigenvalue weighted by Gasteiger charge is 2.26. The zero-order valence-electron chi connectivity index (χ0n) is 12.9. The molecule has 0 saturated heterocycles. The molecule has 0 bridgehead atoms. The van der Waals surface area contributed by atoms with Crippen molar-refractivity contribution in [2.75, 3.05) is 5.32 Å². The summed E-state index contributed by atoms with van der Waals surface area (Å²) in [6.45, 7) is 1.21. The van der Waals surface area contributed by atoms with Crippen LogP contribution in [0.3, 0.4) is 0 Å². The molecule has 0 radical (unpaired) electrons. The third kappa shape index (κ3) is 3.41. The van der Waals surface area contributed by atoms with Gasteiger partial charge in [0.1, 0.15) is 11.1 Å². The minimum absolute atomic E-state index is 0.169. The lowest BCUT2D eigenvalue weighted by Crippen LogP contribution is -2.16. The fourth-order valence-electron chi connectivity index (χ4n) is 2.14. The molecule has 0 spiro atoms. The van der Waals surface area contributed by atoms with Crippen LogP contribution in [0, 0.1) is 27.2 Å². The number of nitrogens with one attached hydrogen (secondary N) is 1. The van der Waals surface area contributed by atoms with Gasteiger partial charge in [0.15, 0.2) is 5.69 Å². The molecule has 0 aliphatic carbocycles. The fourth-order valence-corrected chi connectivity index (χ4v) is 2.14. The van der Waals surface area contributed by atoms with Gasteiger partial charge in [0.25, 0.3) is 17.3 Å². The molecule has 0 atom stereocenters. The van der Waals surface area contributed by atoms with E-state index in [1.807, 2.05) is 0 Å². The van der Waals surface area contributed by atoms with Crippen molar-refractivity contribution >= 4 is 28.9 Å². The molecular weight excluding hydrogens is 338 g/mol. The summed E-state index contributed by atoms with van der Waals surface area (Å²) in [7, 11) is 1.41. The molecule has 0 saturated carbocycles. The molecule has 25 heavy (non-hydrogen) atoms. The summed E-state index contributed by atoms with van der Waals surface area (Å²) in [4.78, 5) is 43.7. The van der Waals surface area contributed by atoms with Crippen LogP contribution in [-0.2, 0) is 7.05 Å². The van der Waals surface area contributed by atoms with Crippen molar-refractivity contribution in [2.24, 2.45) is 7.05 Å². The van der Waals surface area contributed by atoms with Gasteiger partial charge < -0.3 is 10.4 Å². The van der Waals surface area contributed by atoms with Crippen LogP contribution in [0.1, 0.15) is 26.4 Å². The Morgan fingerprint density at radius 1 is 1.20 bits per heavy atom. The molecule has 12 heteroatoms. The first-order valence-corrected chi connectivity index (χ1v) is 6.63. The number of nitrogens with zero attached hydrogens (tertiary/aromatic N) is 4. The SMILES string of the molecule is Cc1c([N+](=O)[O-])cc(NC(=O)c2nn(C)cc2C(=O)O)cc1[N+](=O)[O-]. The number of amides is 1. The lowest BCUT2D eigenvalue weighted by atomic mass is 10.1. The van der Waals surface area contributed by atoms with Crippen LogP contribution in [-0.4, -0.2) is 36.6 Å². The number of aryl methyl sites for hydroxylation is 1. The summed E-state index contributed by atoms with van der Waals surface area (Å²) >= 11 is 0. The average molecular weight is 349 g/mol. The number of carbonyl (C=O) groups is 2. The first kappa shape index (κ1) is 17.5. The molecule has 1 amide bonds. The van der Waals surface area contributed by atoms with E-state index in [2.05, 4.69) is 10.4 Å². The highest BCUT2D eigenvalue weighted by atomic mass is 16.6. The van der Waals surface area contributed by atoms with E-state index < -0.39 is 38.8 Å². The molecule has 12 nitrogen and oxygen atoms in total. The Hall–Kier alpha value is -3.83. The monoisotopic (exact) mass is 349 g/mol. The van der Waals surface area contributed by atoms with Gasteiger partial charge in [0, 0.05) is 25.4 Å². The van der Waals surface area contributed by atoms with Crippen LogP contribution in [0.5, 0.6) is 0 Å². The van der Waals surface area contributed by atoms with E-state index in [-0.39, 0.29) is 16.8 Å². The smallest absolute Gasteiger partial charge is 0.339 e. The number of aromatic carboxylic acids is 1. The Balaban J connectivity index is 2.47. The maximum Gasteiger partial charge on any atom is 0.339 e. The van der Waals surface area contributed by atoms with Gasteiger partial charge in [-0.25, -0.2) is 4.79 Å². The Bertz CT molecular complexity index is 882. The van der Waals surface area contributed by atoms with E-state index in [9.17, 15) is 29.8 Å². The number of anilines is 1. The average Bonchev–Trinajstić information content (AvgIpc) is 2.90. The van der Waals surface area contributed by atoms with Gasteiger partial charge in [0.2, 0.25) is 0 Å². The van der Waals surface area contributed by atoms with Crippen molar-refractivity contribution in [3.8, 4) is 0 Å². The molecule has 2 aromatic rings. The second-order valence-corrected chi connectivity index (χ2v) is 4.98. The number of benzene rings is 1. The molecule has 0 fully saturated rings. The van der Waals surface area contributed by atoms with E-state index in [1.54, 1.807) is 0 Å². The summed E-state index contributed by atoms with van der Waals surface area (Å²) in [5.41, 5.74) is -2.31. The van der Waals surface area contributed by atoms with Gasteiger partial charge in [-0.2, -0.15) is 5.10 Å². The van der Waals surface area contributed by atoms with Crippen LogP contribution in [0.15, 0.2) is 18.3 Å². The molecular formula is C13H11N5O7. The third-order valence-corrected chi connectivity index (χ3v) is 3.28. The quantitative estimate of drug-likeness (QED) is 0.603. The van der Waals surface area contributed by atoms with Crippen molar-refractivity contribution in [3.63, 3.8) is 0 Å². The molecule has 0 aliphatic rings. The number of carboxylic acid groups (broad SMARTS) is 1. The molecule has 0 aliphatic heterocycles. The van der Waals surface area contributed by atoms with Crippen molar-refractivity contribution < 1.29 is 24.5 Å². The second kappa shape index (κ2) is 6.35. The molecule has 2 rings (SSSR count). The fraction of sp³-hybridized carbons (Fsp3) is 0.154. The van der Waals surface area contributed by atoms with E-state index in [4.69, 9.17) is 5.11 Å². The minimum atomic E-state index is -1.39. The molecule has 2 N–H and O–H groups in total. The van der Waals surface area contributed by atoms with Gasteiger partial charge in [0.05, 0.1) is 15.5 Å². The number of hydrogen-bond donors (Lipinski definition) is 2. The summed E-state index contributed by atoms with van der Waals surface area (Å²) in [6, 6.07) is 1.90. The van der Waals surface area contributed by atoms with Crippen LogP contribution in [0.2, 0.25) is 0 Å². The maximum atomic E-state index is 12.2. The number of nitro benzene ring substituents is 2. The topological polar surface area (TPSA) is 170 Å². The number of carboxylic acids is 1. The maximum absolute atomic E-state index is 12.2. The number of rotatable bonds is 5. The second-order valence-electron chi connectivity index (χ2n) is 4.98. The van der Waals surface area contributed by atoms with Crippen LogP contribution in [0.25, 0.3) is 0 Å². The Labute approximate surface area is 139 Å². The van der Waals surface area contributed by atoms with E-state index >= 15 is 0 Å². The highest BCUT2D eigenvalue weighted by molar-refractivity contribution is 6.09. The lowest BCUT2D eigenvalue weighted by Gasteiger charge is -2.06. The highest BCUT2D eigenvalue weighted by Crippen LogP contribution is 2.31. The summed E-state index contributed by atoms with van der Waals surface area (Å²) in [5, 5.41) is 37.0. The number of hydrogen-bond acceptors (Lipinski definition) is 7. The van der Waals surface area contributed by atoms with Crippen LogP contribution in [0.4, 0.5) is 17.1 Å². The van der Waals surface area contributed by atoms with E-state index in [0.717, 1.165) is 23.0 Å². The van der Waals surface area contributed by atoms with Gasteiger partial charge >= 0.3 is 5.97 Å². The largest absolute Gasteiger partial charge is 0.478 e. The van der Waals surface area contributed by atoms with Crippen molar-refractivity contribution in [1.82, 2.24) is 9.78 Å². The predicted molar refractivity (Wildman–Crippen MR) is 82.6 cm³/mol. The number of aromatic nitrogens is 2. The van der Waals surface area contributed by atoms with Crippen LogP contribution >= 0.6 is 0 Å². The van der Waals surface area contributed by atoms with Crippen LogP contribution < -0.4 is 5.32 Å². The molecule has 0 unspecified atom stereocenters. The number of carbonyl (C=O) groups excluding carboxylic acids is 1. The summed E-state index contributed by atoms with van der Waals surface area (Å²) in [6.07, 6.45) is 1.11. The summed E-state index contributed by atoms with van der Waals surface area (Å²) < 4.78 is 1.11. The normalized spacial score (nSPS) is 10.3. The Morgan fingerprint density at radius 2 is 1.72 bits per heavy atom. The Morgan fingerprint density at radius 3 is 2.16 bits per heavy atom. The first-order chi connectivity index (χ1) is 11.6. The minimum Gasteiger partial charge on any atom is -0.478 e. The van der Waals surface area contributed by atoms with Gasteiger partial charge in [-0.05, 0) is 6.92 Å². The van der Waals surface area contributed by atoms with Crippen molar-refractivity contribution in [3.05, 3.63) is 55.4 Å². The molecule has 1 aromatic carbocycles. The van der Waals surface area contributed by atoms with Gasteiger partial charge in [-0.3, -0.25) is 29.7 Å². The van der Waals surface area contributed by atoms with E-state index in [0.29, 0.717) is 0 Å². The van der Waals surface area contributed by atoms with Gasteiger partial charge in [-0.15, -0.1) is 0 Å². The third-order valence-electron chi connectivity index (χ3n) is 3.28. The number of nitro groups is 2. The summed E-state index contributed by atoms with van der Waals surface area (Å²) in [5.74, 6) is -2.36. The van der Waals surface area contributed by atoms with Gasteiger partial charge in [-0.1, -0.05) is 0 Å². The van der Waals surface area contributed by atoms with E-state index in [1.165, 1.54) is 14.0 Å². The predicted octanol–water partition coefficient (Wildman–Crippen LogP) is 1.50. The first-order valence-electron chi connectivity index (χ1n) is 6.63. The molecule has 130 valence electrons. The van der Waals surface area contributed by atoms with Crippen molar-refractivity contribution in [2.45, 2.75) is 6.92 Å². The van der Waals surface area contributed by atoms with Crippen molar-refractivity contribution in [1.29, 1.82) is 0 Å². The zero-order chi connectivity index (χ0) is 18.9.